The van der Waals surface area contributed by atoms with Crippen LogP contribution in [0.5, 0.6) is 0 Å². The van der Waals surface area contributed by atoms with Gasteiger partial charge in [0.05, 0.1) is 11.9 Å². The summed E-state index contributed by atoms with van der Waals surface area (Å²) in [7, 11) is 0. The first kappa shape index (κ1) is 15.0. The van der Waals surface area contributed by atoms with Crippen LogP contribution in [0.4, 0.5) is 10.1 Å². The largest absolute Gasteiger partial charge is 0.326 e. The third-order valence-corrected chi connectivity index (χ3v) is 3.61. The molecule has 0 fully saturated rings. The fraction of sp³-hybridized carbons (Fsp3) is 0.111. The van der Waals surface area contributed by atoms with Gasteiger partial charge < -0.3 is 10.3 Å². The number of fused-ring (bicyclic) bond motifs is 1. The molecule has 0 unspecified atom stereocenters. The Morgan fingerprint density at radius 1 is 1.13 bits per heavy atom. The Kier molecular flexibility index (Phi) is 3.93. The fourth-order valence-electron chi connectivity index (χ4n) is 2.51. The van der Waals surface area contributed by atoms with Crippen LogP contribution in [0.25, 0.3) is 10.9 Å². The van der Waals surface area contributed by atoms with Gasteiger partial charge in [-0.15, -0.1) is 0 Å². The van der Waals surface area contributed by atoms with Crippen LogP contribution in [0, 0.1) is 12.7 Å². The number of aromatic nitrogens is 1. The van der Waals surface area contributed by atoms with Gasteiger partial charge in [0.15, 0.2) is 0 Å². The highest BCUT2D eigenvalue weighted by molar-refractivity contribution is 5.95. The van der Waals surface area contributed by atoms with Crippen LogP contribution >= 0.6 is 0 Å². The van der Waals surface area contributed by atoms with Crippen molar-refractivity contribution in [3.05, 3.63) is 75.8 Å². The zero-order chi connectivity index (χ0) is 16.4. The minimum absolute atomic E-state index is 0.155. The second kappa shape index (κ2) is 6.04. The molecule has 1 aromatic heterocycles. The van der Waals surface area contributed by atoms with Crippen LogP contribution in [0.3, 0.4) is 0 Å². The molecule has 0 radical (unpaired) electrons. The van der Waals surface area contributed by atoms with Crippen molar-refractivity contribution in [2.24, 2.45) is 0 Å². The third kappa shape index (κ3) is 3.45. The molecule has 2 aromatic carbocycles. The first-order valence-electron chi connectivity index (χ1n) is 7.19. The summed E-state index contributed by atoms with van der Waals surface area (Å²) < 4.78 is 12.9. The van der Waals surface area contributed by atoms with E-state index in [0.717, 1.165) is 16.5 Å². The van der Waals surface area contributed by atoms with Crippen LogP contribution in [0.1, 0.15) is 11.1 Å². The lowest BCUT2D eigenvalue weighted by Crippen LogP contribution is -2.14. The molecule has 2 N–H and O–H groups in total. The van der Waals surface area contributed by atoms with E-state index in [4.69, 9.17) is 0 Å². The Morgan fingerprint density at radius 2 is 1.87 bits per heavy atom. The van der Waals surface area contributed by atoms with Gasteiger partial charge in [-0.25, -0.2) is 4.39 Å². The molecule has 0 spiro atoms. The first-order valence-corrected chi connectivity index (χ1v) is 7.19. The third-order valence-electron chi connectivity index (χ3n) is 3.61. The number of pyridine rings is 1. The normalized spacial score (nSPS) is 10.7. The number of aryl methyl sites for hydroxylation is 1. The summed E-state index contributed by atoms with van der Waals surface area (Å²) in [5, 5.41) is 3.71. The molecule has 5 heteroatoms. The number of rotatable bonds is 3. The lowest BCUT2D eigenvalue weighted by atomic mass is 10.1. The van der Waals surface area contributed by atoms with Crippen LogP contribution in [-0.4, -0.2) is 10.9 Å². The van der Waals surface area contributed by atoms with E-state index in [9.17, 15) is 14.0 Å². The number of benzene rings is 2. The van der Waals surface area contributed by atoms with Gasteiger partial charge in [0.25, 0.3) is 0 Å². The molecule has 0 saturated carbocycles. The Bertz CT molecular complexity index is 930. The highest BCUT2D eigenvalue weighted by Crippen LogP contribution is 2.19. The maximum Gasteiger partial charge on any atom is 0.248 e. The highest BCUT2D eigenvalue weighted by atomic mass is 19.1. The summed E-state index contributed by atoms with van der Waals surface area (Å²) >= 11 is 0. The molecule has 23 heavy (non-hydrogen) atoms. The monoisotopic (exact) mass is 310 g/mol. The summed E-state index contributed by atoms with van der Waals surface area (Å²) in [5.74, 6) is -0.533. The maximum atomic E-state index is 12.9. The summed E-state index contributed by atoms with van der Waals surface area (Å²) in [6, 6.07) is 12.7. The number of carbonyl (C=O) groups is 1. The zero-order valence-electron chi connectivity index (χ0n) is 12.5. The van der Waals surface area contributed by atoms with Gasteiger partial charge in [0, 0.05) is 17.1 Å². The van der Waals surface area contributed by atoms with E-state index < -0.39 is 0 Å². The first-order chi connectivity index (χ1) is 11.0. The second-order valence-electron chi connectivity index (χ2n) is 5.43. The number of carbonyl (C=O) groups excluding carboxylic acids is 1. The predicted octanol–water partition coefficient (Wildman–Crippen LogP) is 3.16. The van der Waals surface area contributed by atoms with E-state index in [2.05, 4.69) is 10.3 Å². The molecule has 4 nitrogen and oxygen atoms in total. The minimum atomic E-state index is -0.331. The van der Waals surface area contributed by atoms with Gasteiger partial charge in [0.1, 0.15) is 5.82 Å². The van der Waals surface area contributed by atoms with Crippen molar-refractivity contribution in [1.82, 2.24) is 4.98 Å². The van der Waals surface area contributed by atoms with Gasteiger partial charge in [-0.05, 0) is 42.3 Å². The van der Waals surface area contributed by atoms with Gasteiger partial charge in [-0.3, -0.25) is 9.59 Å². The van der Waals surface area contributed by atoms with E-state index in [1.54, 1.807) is 24.3 Å². The second-order valence-corrected chi connectivity index (χ2v) is 5.43. The SMILES string of the molecule is Cc1cc(=O)[nH]c2cc(NC(=O)Cc3ccc(F)cc3)ccc12. The molecule has 116 valence electrons. The van der Waals surface area contributed by atoms with Crippen LogP contribution in [-0.2, 0) is 11.2 Å². The molecular weight excluding hydrogens is 295 g/mol. The predicted molar refractivity (Wildman–Crippen MR) is 88.0 cm³/mol. The number of amides is 1. The lowest BCUT2D eigenvalue weighted by Gasteiger charge is -2.08. The van der Waals surface area contributed by atoms with Gasteiger partial charge in [0.2, 0.25) is 11.5 Å². The Labute approximate surface area is 132 Å². The summed E-state index contributed by atoms with van der Waals surface area (Å²) in [6.45, 7) is 1.87. The van der Waals surface area contributed by atoms with Crippen molar-refractivity contribution in [2.75, 3.05) is 5.32 Å². The Hall–Kier alpha value is -2.95. The smallest absolute Gasteiger partial charge is 0.248 e. The maximum absolute atomic E-state index is 12.9. The van der Waals surface area contributed by atoms with Crippen molar-refractivity contribution < 1.29 is 9.18 Å². The van der Waals surface area contributed by atoms with Gasteiger partial charge in [-0.1, -0.05) is 18.2 Å². The van der Waals surface area contributed by atoms with Gasteiger partial charge in [-0.2, -0.15) is 0 Å². The van der Waals surface area contributed by atoms with Crippen molar-refractivity contribution in [3.8, 4) is 0 Å². The molecule has 0 aliphatic rings. The lowest BCUT2D eigenvalue weighted by molar-refractivity contribution is -0.115. The molecule has 1 heterocycles. The number of aromatic amines is 1. The molecule has 1 amide bonds. The van der Waals surface area contributed by atoms with Crippen molar-refractivity contribution in [2.45, 2.75) is 13.3 Å². The molecule has 0 bridgehead atoms. The number of hydrogen-bond acceptors (Lipinski definition) is 2. The Balaban J connectivity index is 1.79. The molecular formula is C18H15FN2O2. The highest BCUT2D eigenvalue weighted by Gasteiger charge is 2.06. The van der Waals surface area contributed by atoms with Crippen LogP contribution in [0.15, 0.2) is 53.3 Å². The van der Waals surface area contributed by atoms with Crippen LogP contribution < -0.4 is 10.9 Å². The molecule has 3 rings (SSSR count). The van der Waals surface area contributed by atoms with E-state index in [0.29, 0.717) is 11.2 Å². The van der Waals surface area contributed by atoms with Crippen molar-refractivity contribution in [1.29, 1.82) is 0 Å². The average Bonchev–Trinajstić information content (AvgIpc) is 2.49. The summed E-state index contributed by atoms with van der Waals surface area (Å²) in [6.07, 6.45) is 0.155. The van der Waals surface area contributed by atoms with E-state index in [1.165, 1.54) is 18.2 Å². The number of H-pyrrole nitrogens is 1. The molecule has 0 atom stereocenters. The van der Waals surface area contributed by atoms with E-state index in [-0.39, 0.29) is 23.7 Å². The van der Waals surface area contributed by atoms with Crippen molar-refractivity contribution >= 4 is 22.5 Å². The van der Waals surface area contributed by atoms with Gasteiger partial charge >= 0.3 is 0 Å². The quantitative estimate of drug-likeness (QED) is 0.780. The topological polar surface area (TPSA) is 62.0 Å². The fourth-order valence-corrected chi connectivity index (χ4v) is 2.51. The summed E-state index contributed by atoms with van der Waals surface area (Å²) in [5.41, 5.74) is 2.71. The molecule has 0 saturated heterocycles. The molecule has 0 aliphatic carbocycles. The molecule has 3 aromatic rings. The molecule has 0 aliphatic heterocycles. The van der Waals surface area contributed by atoms with Crippen LogP contribution in [0.2, 0.25) is 0 Å². The number of halogens is 1. The van der Waals surface area contributed by atoms with E-state index in [1.807, 2.05) is 13.0 Å². The average molecular weight is 310 g/mol. The summed E-state index contributed by atoms with van der Waals surface area (Å²) in [4.78, 5) is 26.3. The standard InChI is InChI=1S/C18H15FN2O2/c1-11-8-17(22)21-16-10-14(6-7-15(11)16)20-18(23)9-12-2-4-13(19)5-3-12/h2-8,10H,9H2,1H3,(H,20,23)(H,21,22). The number of anilines is 1. The minimum Gasteiger partial charge on any atom is -0.326 e. The van der Waals surface area contributed by atoms with E-state index >= 15 is 0 Å². The van der Waals surface area contributed by atoms with Crippen molar-refractivity contribution in [3.63, 3.8) is 0 Å². The Morgan fingerprint density at radius 3 is 2.61 bits per heavy atom. The number of nitrogens with one attached hydrogen (secondary N) is 2. The zero-order valence-corrected chi connectivity index (χ0v) is 12.5. The number of hydrogen-bond donors (Lipinski definition) is 2.